The lowest BCUT2D eigenvalue weighted by Crippen LogP contribution is -2.18. The van der Waals surface area contributed by atoms with E-state index >= 15 is 0 Å². The maximum absolute atomic E-state index is 10.8. The lowest BCUT2D eigenvalue weighted by atomic mass is 9.85. The topological polar surface area (TPSA) is 63.6 Å². The van der Waals surface area contributed by atoms with Gasteiger partial charge in [0.15, 0.2) is 0 Å². The first-order valence-electron chi connectivity index (χ1n) is 9.54. The van der Waals surface area contributed by atoms with Crippen LogP contribution < -0.4 is 0 Å². The van der Waals surface area contributed by atoms with E-state index in [1.807, 2.05) is 0 Å². The molecule has 0 fully saturated rings. The van der Waals surface area contributed by atoms with E-state index in [4.69, 9.17) is 4.55 Å². The van der Waals surface area contributed by atoms with Gasteiger partial charge >= 0.3 is 10.4 Å². The lowest BCUT2D eigenvalue weighted by Gasteiger charge is -2.23. The molecule has 0 radical (unpaired) electrons. The van der Waals surface area contributed by atoms with E-state index in [-0.39, 0.29) is 12.5 Å². The molecule has 0 heterocycles. The summed E-state index contributed by atoms with van der Waals surface area (Å²) in [6.45, 7) is 6.70. The van der Waals surface area contributed by atoms with Gasteiger partial charge in [0.1, 0.15) is 0 Å². The first-order chi connectivity index (χ1) is 10.9. The third kappa shape index (κ3) is 15.2. The van der Waals surface area contributed by atoms with Crippen LogP contribution in [0.15, 0.2) is 0 Å². The molecule has 0 aliphatic carbocycles. The maximum Gasteiger partial charge on any atom is 0.397 e. The Balaban J connectivity index is 4.46. The van der Waals surface area contributed by atoms with Gasteiger partial charge in [-0.25, -0.2) is 4.18 Å². The Morgan fingerprint density at radius 1 is 0.783 bits per heavy atom. The summed E-state index contributed by atoms with van der Waals surface area (Å²) in [5.74, 6) is 0.878. The van der Waals surface area contributed by atoms with Crippen molar-refractivity contribution in [1.29, 1.82) is 0 Å². The molecule has 0 saturated heterocycles. The molecule has 0 aliphatic heterocycles. The highest BCUT2D eigenvalue weighted by atomic mass is 32.3. The van der Waals surface area contributed by atoms with Crippen molar-refractivity contribution in [1.82, 2.24) is 0 Å². The second-order valence-corrected chi connectivity index (χ2v) is 7.90. The van der Waals surface area contributed by atoms with E-state index in [1.54, 1.807) is 0 Å². The second-order valence-electron chi connectivity index (χ2n) is 6.81. The van der Waals surface area contributed by atoms with Gasteiger partial charge in [-0.1, -0.05) is 85.0 Å². The van der Waals surface area contributed by atoms with Gasteiger partial charge < -0.3 is 0 Å². The SMILES string of the molecule is CCCCCCC(CCCC)CC(CCCC)COS(=O)(=O)O. The monoisotopic (exact) mass is 350 g/mol. The van der Waals surface area contributed by atoms with Crippen molar-refractivity contribution in [2.45, 2.75) is 97.8 Å². The van der Waals surface area contributed by atoms with Gasteiger partial charge in [0.25, 0.3) is 0 Å². The standard InChI is InChI=1S/C18H38O4S/c1-4-7-10-11-14-17(12-8-5-2)15-18(13-9-6-3)16-22-23(19,20)21/h17-18H,4-16H2,1-3H3,(H,19,20,21). The smallest absolute Gasteiger partial charge is 0.264 e. The molecule has 0 aromatic carbocycles. The fourth-order valence-electron chi connectivity index (χ4n) is 3.15. The Bertz CT molecular complexity index is 354. The van der Waals surface area contributed by atoms with Crippen LogP contribution in [0.3, 0.4) is 0 Å². The molecule has 0 aliphatic rings. The van der Waals surface area contributed by atoms with Gasteiger partial charge in [0.05, 0.1) is 6.61 Å². The molecule has 2 atom stereocenters. The highest BCUT2D eigenvalue weighted by Gasteiger charge is 2.19. The molecule has 23 heavy (non-hydrogen) atoms. The molecule has 0 amide bonds. The zero-order valence-electron chi connectivity index (χ0n) is 15.4. The summed E-state index contributed by atoms with van der Waals surface area (Å²) in [7, 11) is -4.32. The van der Waals surface area contributed by atoms with Gasteiger partial charge in [-0.05, 0) is 24.7 Å². The van der Waals surface area contributed by atoms with Crippen LogP contribution >= 0.6 is 0 Å². The normalized spacial score (nSPS) is 14.8. The minimum atomic E-state index is -4.32. The Kier molecular flexibility index (Phi) is 14.2. The highest BCUT2D eigenvalue weighted by molar-refractivity contribution is 7.80. The zero-order valence-corrected chi connectivity index (χ0v) is 16.2. The van der Waals surface area contributed by atoms with E-state index < -0.39 is 10.4 Å². The second kappa shape index (κ2) is 14.2. The first kappa shape index (κ1) is 22.9. The van der Waals surface area contributed by atoms with Crippen LogP contribution in [0.4, 0.5) is 0 Å². The van der Waals surface area contributed by atoms with Gasteiger partial charge in [0.2, 0.25) is 0 Å². The zero-order chi connectivity index (χ0) is 17.6. The van der Waals surface area contributed by atoms with Crippen molar-refractivity contribution in [2.24, 2.45) is 11.8 Å². The Hall–Kier alpha value is -0.130. The Morgan fingerprint density at radius 3 is 1.83 bits per heavy atom. The maximum atomic E-state index is 10.8. The van der Waals surface area contributed by atoms with Crippen molar-refractivity contribution >= 4 is 10.4 Å². The third-order valence-electron chi connectivity index (χ3n) is 4.52. The molecule has 0 aromatic rings. The molecule has 0 spiro atoms. The van der Waals surface area contributed by atoms with Gasteiger partial charge in [0, 0.05) is 0 Å². The summed E-state index contributed by atoms with van der Waals surface area (Å²) < 4.78 is 35.2. The van der Waals surface area contributed by atoms with E-state index in [2.05, 4.69) is 25.0 Å². The van der Waals surface area contributed by atoms with Crippen LogP contribution in [0.2, 0.25) is 0 Å². The molecular formula is C18H38O4S. The largest absolute Gasteiger partial charge is 0.397 e. The first-order valence-corrected chi connectivity index (χ1v) is 10.9. The molecule has 2 unspecified atom stereocenters. The fraction of sp³-hybridized carbons (Fsp3) is 1.00. The molecule has 0 bridgehead atoms. The lowest BCUT2D eigenvalue weighted by molar-refractivity contribution is 0.185. The molecular weight excluding hydrogens is 312 g/mol. The molecule has 4 nitrogen and oxygen atoms in total. The van der Waals surface area contributed by atoms with Gasteiger partial charge in [-0.2, -0.15) is 8.42 Å². The van der Waals surface area contributed by atoms with Crippen molar-refractivity contribution in [2.75, 3.05) is 6.61 Å². The predicted octanol–water partition coefficient (Wildman–Crippen LogP) is 5.78. The quantitative estimate of drug-likeness (QED) is 0.283. The van der Waals surface area contributed by atoms with Crippen molar-refractivity contribution in [3.63, 3.8) is 0 Å². The van der Waals surface area contributed by atoms with Crippen molar-refractivity contribution < 1.29 is 17.2 Å². The van der Waals surface area contributed by atoms with E-state index in [9.17, 15) is 8.42 Å². The Labute approximate surface area is 144 Å². The van der Waals surface area contributed by atoms with E-state index in [0.717, 1.165) is 25.7 Å². The van der Waals surface area contributed by atoms with Crippen molar-refractivity contribution in [3.8, 4) is 0 Å². The van der Waals surface area contributed by atoms with E-state index in [1.165, 1.54) is 51.4 Å². The Morgan fingerprint density at radius 2 is 1.30 bits per heavy atom. The third-order valence-corrected chi connectivity index (χ3v) is 4.95. The average Bonchev–Trinajstić information content (AvgIpc) is 2.50. The molecule has 5 heteroatoms. The summed E-state index contributed by atoms with van der Waals surface area (Å²) in [5.41, 5.74) is 0. The minimum absolute atomic E-state index is 0.121. The molecule has 1 N–H and O–H groups in total. The minimum Gasteiger partial charge on any atom is -0.264 e. The van der Waals surface area contributed by atoms with E-state index in [0.29, 0.717) is 5.92 Å². The van der Waals surface area contributed by atoms with Crippen LogP contribution in [0.5, 0.6) is 0 Å². The van der Waals surface area contributed by atoms with Crippen molar-refractivity contribution in [3.05, 3.63) is 0 Å². The summed E-state index contributed by atoms with van der Waals surface area (Å²) in [6.07, 6.45) is 14.2. The number of hydrogen-bond acceptors (Lipinski definition) is 3. The van der Waals surface area contributed by atoms with Crippen LogP contribution in [-0.4, -0.2) is 19.6 Å². The summed E-state index contributed by atoms with van der Waals surface area (Å²) >= 11 is 0. The molecule has 140 valence electrons. The average molecular weight is 351 g/mol. The fourth-order valence-corrected chi connectivity index (χ4v) is 3.51. The number of unbranched alkanes of at least 4 members (excludes halogenated alkanes) is 5. The molecule has 0 saturated carbocycles. The number of rotatable bonds is 16. The van der Waals surface area contributed by atoms with Gasteiger partial charge in [-0.3, -0.25) is 4.55 Å². The summed E-state index contributed by atoms with van der Waals surface area (Å²) in [4.78, 5) is 0. The van der Waals surface area contributed by atoms with Crippen LogP contribution in [0, 0.1) is 11.8 Å². The van der Waals surface area contributed by atoms with Gasteiger partial charge in [-0.15, -0.1) is 0 Å². The summed E-state index contributed by atoms with van der Waals surface area (Å²) in [6, 6.07) is 0. The predicted molar refractivity (Wildman–Crippen MR) is 96.9 cm³/mol. The molecule has 0 aromatic heterocycles. The summed E-state index contributed by atoms with van der Waals surface area (Å²) in [5, 5.41) is 0. The molecule has 0 rings (SSSR count). The highest BCUT2D eigenvalue weighted by Crippen LogP contribution is 2.27. The van der Waals surface area contributed by atoms with Crippen LogP contribution in [-0.2, 0) is 14.6 Å². The van der Waals surface area contributed by atoms with Crippen LogP contribution in [0.25, 0.3) is 0 Å². The van der Waals surface area contributed by atoms with Crippen LogP contribution in [0.1, 0.15) is 97.8 Å². The number of hydrogen-bond donors (Lipinski definition) is 1.